The van der Waals surface area contributed by atoms with Crippen molar-refractivity contribution in [1.82, 2.24) is 10.2 Å². The summed E-state index contributed by atoms with van der Waals surface area (Å²) in [6.07, 6.45) is 2.70. The van der Waals surface area contributed by atoms with Gasteiger partial charge in [-0.25, -0.2) is 0 Å². The highest BCUT2D eigenvalue weighted by Gasteiger charge is 2.00. The topological polar surface area (TPSA) is 63.8 Å². The molecule has 0 atom stereocenters. The monoisotopic (exact) mass is 202 g/mol. The van der Waals surface area contributed by atoms with Gasteiger partial charge in [0.15, 0.2) is 5.82 Å². The molecule has 0 radical (unpaired) electrons. The number of nitrogens with one attached hydrogen (secondary N) is 1. The van der Waals surface area contributed by atoms with Gasteiger partial charge in [-0.2, -0.15) is 5.10 Å². The van der Waals surface area contributed by atoms with Crippen LogP contribution in [0.5, 0.6) is 0 Å². The van der Waals surface area contributed by atoms with Gasteiger partial charge in [0.25, 0.3) is 0 Å². The number of nitrogens with zero attached hydrogens (tertiary/aromatic N) is 2. The van der Waals surface area contributed by atoms with E-state index in [9.17, 15) is 0 Å². The van der Waals surface area contributed by atoms with Crippen LogP contribution >= 0.6 is 0 Å². The van der Waals surface area contributed by atoms with E-state index in [1.807, 2.05) is 24.3 Å². The average Bonchev–Trinajstić information content (AvgIpc) is 2.30. The number of hydrogen-bond acceptors (Lipinski definition) is 4. The minimum atomic E-state index is 0.686. The Hall–Kier alpha value is -1.68. The van der Waals surface area contributed by atoms with Gasteiger partial charge in [0, 0.05) is 17.3 Å². The molecule has 2 aromatic rings. The molecule has 0 aliphatic heterocycles. The first-order valence-corrected chi connectivity index (χ1v) is 5.06. The predicted molar refractivity (Wildman–Crippen MR) is 61.7 cm³/mol. The third-order valence-electron chi connectivity index (χ3n) is 2.24. The second kappa shape index (κ2) is 4.70. The third-order valence-corrected chi connectivity index (χ3v) is 2.24. The van der Waals surface area contributed by atoms with Crippen molar-refractivity contribution in [2.24, 2.45) is 5.73 Å². The first-order valence-electron chi connectivity index (χ1n) is 5.06. The van der Waals surface area contributed by atoms with Crippen molar-refractivity contribution in [3.63, 3.8) is 0 Å². The van der Waals surface area contributed by atoms with Crippen LogP contribution < -0.4 is 11.1 Å². The molecular weight excluding hydrogens is 188 g/mol. The zero-order valence-corrected chi connectivity index (χ0v) is 8.48. The van der Waals surface area contributed by atoms with Crippen molar-refractivity contribution >= 4 is 16.6 Å². The molecule has 4 nitrogen and oxygen atoms in total. The maximum absolute atomic E-state index is 5.43. The average molecular weight is 202 g/mol. The minimum absolute atomic E-state index is 0.686. The Balaban J connectivity index is 2.26. The van der Waals surface area contributed by atoms with Crippen LogP contribution in [0.2, 0.25) is 0 Å². The fourth-order valence-electron chi connectivity index (χ4n) is 1.47. The molecule has 0 aliphatic carbocycles. The van der Waals surface area contributed by atoms with E-state index in [4.69, 9.17) is 5.73 Å². The quantitative estimate of drug-likeness (QED) is 0.735. The first-order chi connectivity index (χ1) is 7.42. The lowest BCUT2D eigenvalue weighted by Crippen LogP contribution is -2.09. The van der Waals surface area contributed by atoms with Crippen LogP contribution in [0, 0.1) is 0 Å². The molecule has 0 fully saturated rings. The molecular formula is C11H14N4. The molecule has 1 heterocycles. The van der Waals surface area contributed by atoms with E-state index >= 15 is 0 Å². The van der Waals surface area contributed by atoms with E-state index in [2.05, 4.69) is 15.5 Å². The molecule has 15 heavy (non-hydrogen) atoms. The fraction of sp³-hybridized carbons (Fsp3) is 0.273. The Kier molecular flexibility index (Phi) is 3.09. The maximum atomic E-state index is 5.43. The highest BCUT2D eigenvalue weighted by Crippen LogP contribution is 2.18. The number of anilines is 1. The molecule has 4 heteroatoms. The van der Waals surface area contributed by atoms with Gasteiger partial charge in [-0.3, -0.25) is 0 Å². The van der Waals surface area contributed by atoms with Crippen LogP contribution in [0.15, 0.2) is 30.5 Å². The summed E-state index contributed by atoms with van der Waals surface area (Å²) in [6, 6.07) is 8.05. The van der Waals surface area contributed by atoms with Crippen LogP contribution in [0.4, 0.5) is 5.82 Å². The molecule has 0 saturated carbocycles. The van der Waals surface area contributed by atoms with Gasteiger partial charge in [0.05, 0.1) is 6.20 Å². The molecule has 1 aromatic carbocycles. The highest BCUT2D eigenvalue weighted by molar-refractivity contribution is 5.90. The van der Waals surface area contributed by atoms with Gasteiger partial charge >= 0.3 is 0 Å². The molecule has 2 rings (SSSR count). The number of benzene rings is 1. The van der Waals surface area contributed by atoms with E-state index in [-0.39, 0.29) is 0 Å². The predicted octanol–water partition coefficient (Wildman–Crippen LogP) is 1.39. The maximum Gasteiger partial charge on any atom is 0.156 e. The lowest BCUT2D eigenvalue weighted by molar-refractivity contribution is 0.866. The number of aromatic nitrogens is 2. The molecule has 0 saturated heterocycles. The van der Waals surface area contributed by atoms with Crippen molar-refractivity contribution in [3.8, 4) is 0 Å². The van der Waals surface area contributed by atoms with E-state index in [0.29, 0.717) is 6.54 Å². The van der Waals surface area contributed by atoms with Crippen LogP contribution in [0.1, 0.15) is 6.42 Å². The zero-order chi connectivity index (χ0) is 10.5. The Morgan fingerprint density at radius 2 is 2.13 bits per heavy atom. The largest absolute Gasteiger partial charge is 0.368 e. The zero-order valence-electron chi connectivity index (χ0n) is 8.48. The highest BCUT2D eigenvalue weighted by atomic mass is 15.2. The van der Waals surface area contributed by atoms with Crippen LogP contribution in [0.25, 0.3) is 10.8 Å². The third kappa shape index (κ3) is 2.22. The van der Waals surface area contributed by atoms with Crippen molar-refractivity contribution in [2.75, 3.05) is 18.4 Å². The number of fused-ring (bicyclic) bond motifs is 1. The standard InChI is InChI=1S/C11H14N4/c12-6-3-7-13-11-10-5-2-1-4-9(10)8-14-15-11/h1-2,4-5,8H,3,6-7,12H2,(H,13,15). The molecule has 0 bridgehead atoms. The van der Waals surface area contributed by atoms with Crippen molar-refractivity contribution < 1.29 is 0 Å². The Labute approximate surface area is 88.5 Å². The van der Waals surface area contributed by atoms with Crippen molar-refractivity contribution in [3.05, 3.63) is 30.5 Å². The van der Waals surface area contributed by atoms with E-state index in [1.54, 1.807) is 6.20 Å². The summed E-state index contributed by atoms with van der Waals surface area (Å²) in [7, 11) is 0. The Morgan fingerprint density at radius 3 is 3.00 bits per heavy atom. The lowest BCUT2D eigenvalue weighted by Gasteiger charge is -2.06. The molecule has 0 spiro atoms. The molecule has 3 N–H and O–H groups in total. The second-order valence-electron chi connectivity index (χ2n) is 3.35. The number of rotatable bonds is 4. The Bertz CT molecular complexity index is 436. The van der Waals surface area contributed by atoms with Crippen molar-refractivity contribution in [2.45, 2.75) is 6.42 Å². The summed E-state index contributed by atoms with van der Waals surface area (Å²) in [5.41, 5.74) is 5.43. The van der Waals surface area contributed by atoms with Gasteiger partial charge < -0.3 is 11.1 Å². The van der Waals surface area contributed by atoms with Gasteiger partial charge in [-0.1, -0.05) is 24.3 Å². The van der Waals surface area contributed by atoms with Crippen molar-refractivity contribution in [1.29, 1.82) is 0 Å². The van der Waals surface area contributed by atoms with Crippen LogP contribution in [-0.2, 0) is 0 Å². The van der Waals surface area contributed by atoms with Gasteiger partial charge in [0.1, 0.15) is 0 Å². The SMILES string of the molecule is NCCCNc1nncc2ccccc12. The summed E-state index contributed by atoms with van der Waals surface area (Å²) < 4.78 is 0. The lowest BCUT2D eigenvalue weighted by atomic mass is 10.2. The minimum Gasteiger partial charge on any atom is -0.368 e. The molecule has 0 aliphatic rings. The van der Waals surface area contributed by atoms with Gasteiger partial charge in [-0.15, -0.1) is 5.10 Å². The first kappa shape index (κ1) is 9.86. The van der Waals surface area contributed by atoms with Gasteiger partial charge in [-0.05, 0) is 13.0 Å². The summed E-state index contributed by atoms with van der Waals surface area (Å²) >= 11 is 0. The molecule has 1 aromatic heterocycles. The molecule has 0 unspecified atom stereocenters. The second-order valence-corrected chi connectivity index (χ2v) is 3.35. The van der Waals surface area contributed by atoms with E-state index in [1.165, 1.54) is 0 Å². The summed E-state index contributed by atoms with van der Waals surface area (Å²) in [4.78, 5) is 0. The number of hydrogen-bond donors (Lipinski definition) is 2. The van der Waals surface area contributed by atoms with E-state index < -0.39 is 0 Å². The summed E-state index contributed by atoms with van der Waals surface area (Å²) in [5.74, 6) is 0.835. The van der Waals surface area contributed by atoms with E-state index in [0.717, 1.165) is 29.6 Å². The van der Waals surface area contributed by atoms with Crippen LogP contribution in [0.3, 0.4) is 0 Å². The summed E-state index contributed by atoms with van der Waals surface area (Å²) in [5, 5.41) is 13.5. The fourth-order valence-corrected chi connectivity index (χ4v) is 1.47. The van der Waals surface area contributed by atoms with Crippen LogP contribution in [-0.4, -0.2) is 23.3 Å². The number of nitrogens with two attached hydrogens (primary N) is 1. The molecule has 78 valence electrons. The smallest absolute Gasteiger partial charge is 0.156 e. The normalized spacial score (nSPS) is 10.5. The van der Waals surface area contributed by atoms with Gasteiger partial charge in [0.2, 0.25) is 0 Å². The molecule has 0 amide bonds. The Morgan fingerprint density at radius 1 is 1.27 bits per heavy atom. The summed E-state index contributed by atoms with van der Waals surface area (Å²) in [6.45, 7) is 1.52.